The third kappa shape index (κ3) is 4.37. The van der Waals surface area contributed by atoms with Gasteiger partial charge in [0.2, 0.25) is 5.62 Å². The van der Waals surface area contributed by atoms with Crippen molar-refractivity contribution >= 4 is 28.5 Å². The van der Waals surface area contributed by atoms with E-state index in [0.717, 1.165) is 31.0 Å². The van der Waals surface area contributed by atoms with Crippen molar-refractivity contribution in [1.82, 2.24) is 9.55 Å². The predicted molar refractivity (Wildman–Crippen MR) is 120 cm³/mol. The number of halogens is 3. The van der Waals surface area contributed by atoms with Gasteiger partial charge in [0.15, 0.2) is 0 Å². The first-order chi connectivity index (χ1) is 16.7. The van der Waals surface area contributed by atoms with Crippen LogP contribution in [0.25, 0.3) is 11.0 Å². The van der Waals surface area contributed by atoms with Crippen LogP contribution in [0.4, 0.5) is 18.9 Å². The van der Waals surface area contributed by atoms with Crippen molar-refractivity contribution < 1.29 is 32.6 Å². The molecule has 0 unspecified atom stereocenters. The number of aliphatic hydroxyl groups is 1. The molecule has 2 N–H and O–H groups in total. The maximum atomic E-state index is 13.1. The van der Waals surface area contributed by atoms with Crippen molar-refractivity contribution in [2.75, 3.05) is 24.7 Å². The van der Waals surface area contributed by atoms with E-state index in [9.17, 15) is 27.9 Å². The van der Waals surface area contributed by atoms with Crippen molar-refractivity contribution in [3.05, 3.63) is 59.2 Å². The van der Waals surface area contributed by atoms with Crippen molar-refractivity contribution in [3.63, 3.8) is 0 Å². The number of nitrogens with zero attached hydrogens (tertiary/aromatic N) is 3. The number of aromatic nitrogens is 2. The molecule has 1 aromatic heterocycles. The van der Waals surface area contributed by atoms with Gasteiger partial charge in [0.1, 0.15) is 6.61 Å². The van der Waals surface area contributed by atoms with Gasteiger partial charge in [-0.1, -0.05) is 6.07 Å². The number of rotatable bonds is 5. The lowest BCUT2D eigenvalue weighted by atomic mass is 10.1. The first-order valence-electron chi connectivity index (χ1n) is 11.2. The number of aromatic amines is 1. The number of aliphatic hydroxyl groups excluding tert-OH is 1. The highest BCUT2D eigenvalue weighted by Crippen LogP contribution is 2.46. The molecule has 1 saturated carbocycles. The number of alkyl halides is 3. The zero-order valence-corrected chi connectivity index (χ0v) is 18.6. The molecule has 2 heterocycles. The first kappa shape index (κ1) is 23.3. The number of hydrogen-bond donors (Lipinski definition) is 2. The highest BCUT2D eigenvalue weighted by atomic mass is 19.4. The third-order valence-electron chi connectivity index (χ3n) is 6.36. The summed E-state index contributed by atoms with van der Waals surface area (Å²) in [6.07, 6.45) is -2.50. The number of imidazole rings is 1. The summed E-state index contributed by atoms with van der Waals surface area (Å²) in [7, 11) is 0. The Balaban J connectivity index is 1.56. The van der Waals surface area contributed by atoms with Crippen LogP contribution in [0, 0.1) is 0 Å². The second-order valence-corrected chi connectivity index (χ2v) is 8.82. The Morgan fingerprint density at radius 3 is 2.71 bits per heavy atom. The zero-order chi connectivity index (χ0) is 24.8. The van der Waals surface area contributed by atoms with E-state index in [0.29, 0.717) is 36.3 Å². The van der Waals surface area contributed by atoms with Gasteiger partial charge in [-0.2, -0.15) is 18.2 Å². The number of anilines is 1. The van der Waals surface area contributed by atoms with Crippen molar-refractivity contribution in [2.24, 2.45) is 4.99 Å². The Morgan fingerprint density at radius 1 is 1.20 bits per heavy atom. The number of ether oxygens (including phenoxy) is 1. The van der Waals surface area contributed by atoms with Crippen LogP contribution in [0.2, 0.25) is 0 Å². The summed E-state index contributed by atoms with van der Waals surface area (Å²) < 4.78 is 46.3. The Kier molecular flexibility index (Phi) is 5.76. The quantitative estimate of drug-likeness (QED) is 0.577. The fraction of sp³-hybridized carbons (Fsp3) is 0.375. The number of amides is 2. The standard InChI is InChI=1S/C24H23F3N4O4/c25-24(26,27)16-4-1-3-15(11-16)21(34)29-22-28-18-12-17(5-6-19(18)30(22)9-2-10-32)31-20(33)13-35-14-23(31)7-8-23/h1,3-6,11-12,32H,2,7-10,13-14H2,(H,28,29,34). The molecule has 2 aliphatic rings. The minimum atomic E-state index is -4.58. The molecule has 0 bridgehead atoms. The molecule has 0 radical (unpaired) electrons. The number of nitrogens with one attached hydrogen (secondary N) is 1. The van der Waals surface area contributed by atoms with Gasteiger partial charge in [0.25, 0.3) is 11.8 Å². The van der Waals surface area contributed by atoms with E-state index in [4.69, 9.17) is 4.74 Å². The lowest BCUT2D eigenvalue weighted by molar-refractivity contribution is -0.137. The van der Waals surface area contributed by atoms with Crippen molar-refractivity contribution in [2.45, 2.75) is 37.5 Å². The number of morpholine rings is 1. The predicted octanol–water partition coefficient (Wildman–Crippen LogP) is 3.01. The van der Waals surface area contributed by atoms with Crippen LogP contribution in [0.15, 0.2) is 47.5 Å². The van der Waals surface area contributed by atoms with Crippen LogP contribution in [0.5, 0.6) is 0 Å². The highest BCUT2D eigenvalue weighted by molar-refractivity contribution is 5.99. The SMILES string of the molecule is O=C(/N=c1\[nH]c2cc(N3C(=O)COCC34CC4)ccc2n1CCCO)c1cccc(C(F)(F)F)c1. The molecule has 2 fully saturated rings. The van der Waals surface area contributed by atoms with E-state index >= 15 is 0 Å². The molecule has 2 aromatic carbocycles. The van der Waals surface area contributed by atoms with E-state index < -0.39 is 17.6 Å². The molecule has 5 rings (SSSR count). The lowest BCUT2D eigenvalue weighted by Crippen LogP contribution is -2.51. The topological polar surface area (TPSA) is 99.9 Å². The molecule has 184 valence electrons. The van der Waals surface area contributed by atoms with Gasteiger partial charge in [0, 0.05) is 24.4 Å². The average molecular weight is 488 g/mol. The van der Waals surface area contributed by atoms with Gasteiger partial charge in [-0.3, -0.25) is 9.59 Å². The first-order valence-corrected chi connectivity index (χ1v) is 11.2. The van der Waals surface area contributed by atoms with Gasteiger partial charge in [-0.15, -0.1) is 0 Å². The number of carbonyl (C=O) groups excluding carboxylic acids is 2. The van der Waals surface area contributed by atoms with E-state index in [1.165, 1.54) is 6.07 Å². The van der Waals surface area contributed by atoms with Gasteiger partial charge < -0.3 is 24.3 Å². The van der Waals surface area contributed by atoms with Crippen LogP contribution < -0.4 is 10.5 Å². The molecule has 8 nitrogen and oxygen atoms in total. The van der Waals surface area contributed by atoms with E-state index in [2.05, 4.69) is 9.98 Å². The molecular weight excluding hydrogens is 465 g/mol. The van der Waals surface area contributed by atoms with E-state index in [1.54, 1.807) is 21.6 Å². The number of benzene rings is 2. The second kappa shape index (κ2) is 8.65. The van der Waals surface area contributed by atoms with Gasteiger partial charge >= 0.3 is 6.18 Å². The molecule has 0 atom stereocenters. The van der Waals surface area contributed by atoms with Crippen molar-refractivity contribution in [1.29, 1.82) is 0 Å². The smallest absolute Gasteiger partial charge is 0.396 e. The van der Waals surface area contributed by atoms with Crippen LogP contribution in [-0.2, 0) is 22.3 Å². The summed E-state index contributed by atoms with van der Waals surface area (Å²) in [6, 6.07) is 9.50. The molecular formula is C24H23F3N4O4. The molecule has 3 aromatic rings. The largest absolute Gasteiger partial charge is 0.416 e. The normalized spacial score (nSPS) is 18.0. The molecule has 11 heteroatoms. The second-order valence-electron chi connectivity index (χ2n) is 8.82. The Morgan fingerprint density at radius 2 is 2.00 bits per heavy atom. The Bertz CT molecular complexity index is 1370. The van der Waals surface area contributed by atoms with Crippen LogP contribution in [0.1, 0.15) is 35.2 Å². The van der Waals surface area contributed by atoms with Gasteiger partial charge in [-0.25, -0.2) is 0 Å². The number of aryl methyl sites for hydroxylation is 1. The van der Waals surface area contributed by atoms with Crippen molar-refractivity contribution in [3.8, 4) is 0 Å². The molecule has 1 aliphatic carbocycles. The monoisotopic (exact) mass is 488 g/mol. The number of fused-ring (bicyclic) bond motifs is 1. The maximum absolute atomic E-state index is 13.1. The maximum Gasteiger partial charge on any atom is 0.416 e. The molecule has 1 saturated heterocycles. The molecule has 1 spiro atoms. The fourth-order valence-electron chi connectivity index (χ4n) is 4.49. The van der Waals surface area contributed by atoms with Gasteiger partial charge in [-0.05, 0) is 55.7 Å². The summed E-state index contributed by atoms with van der Waals surface area (Å²) in [5, 5.41) is 9.32. The van der Waals surface area contributed by atoms with Crippen LogP contribution in [0.3, 0.4) is 0 Å². The molecule has 2 amide bonds. The Hall–Kier alpha value is -3.44. The number of hydrogen-bond acceptors (Lipinski definition) is 4. The number of H-pyrrole nitrogens is 1. The third-order valence-corrected chi connectivity index (χ3v) is 6.36. The summed E-state index contributed by atoms with van der Waals surface area (Å²) in [6.45, 7) is 0.714. The van der Waals surface area contributed by atoms with Crippen LogP contribution in [-0.4, -0.2) is 51.8 Å². The zero-order valence-electron chi connectivity index (χ0n) is 18.6. The van der Waals surface area contributed by atoms with E-state index in [1.807, 2.05) is 6.07 Å². The van der Waals surface area contributed by atoms with Gasteiger partial charge in [0.05, 0.1) is 28.7 Å². The van der Waals surface area contributed by atoms with E-state index in [-0.39, 0.29) is 35.8 Å². The summed E-state index contributed by atoms with van der Waals surface area (Å²) in [5.74, 6) is -0.960. The molecule has 35 heavy (non-hydrogen) atoms. The summed E-state index contributed by atoms with van der Waals surface area (Å²) in [5.41, 5.74) is 0.668. The Labute approximate surface area is 197 Å². The summed E-state index contributed by atoms with van der Waals surface area (Å²) >= 11 is 0. The average Bonchev–Trinajstić information content (AvgIpc) is 3.49. The minimum absolute atomic E-state index is 0.00703. The van der Waals surface area contributed by atoms with Crippen LogP contribution >= 0.6 is 0 Å². The minimum Gasteiger partial charge on any atom is -0.396 e. The summed E-state index contributed by atoms with van der Waals surface area (Å²) in [4.78, 5) is 34.3. The highest BCUT2D eigenvalue weighted by Gasteiger charge is 2.53. The number of carbonyl (C=O) groups is 2. The lowest BCUT2D eigenvalue weighted by Gasteiger charge is -2.36. The fourth-order valence-corrected chi connectivity index (χ4v) is 4.49. The molecule has 1 aliphatic heterocycles.